The van der Waals surface area contributed by atoms with Gasteiger partial charge in [-0.05, 0) is 53.8 Å². The number of benzene rings is 3. The first-order valence-electron chi connectivity index (χ1n) is 12.4. The topological polar surface area (TPSA) is 113 Å². The fraction of sp³-hybridized carbons (Fsp3) is 0.207. The Morgan fingerprint density at radius 3 is 2.40 bits per heavy atom. The second kappa shape index (κ2) is 10.4. The number of halogens is 3. The van der Waals surface area contributed by atoms with Crippen LogP contribution in [0.1, 0.15) is 55.0 Å². The van der Waals surface area contributed by atoms with Crippen LogP contribution >= 0.6 is 0 Å². The molecule has 3 aromatic carbocycles. The van der Waals surface area contributed by atoms with E-state index in [4.69, 9.17) is 0 Å². The molecular formula is C29H22F3N3O5. The van der Waals surface area contributed by atoms with Crippen molar-refractivity contribution in [2.75, 3.05) is 6.54 Å². The molecule has 0 saturated carbocycles. The summed E-state index contributed by atoms with van der Waals surface area (Å²) in [6, 6.07) is 15.0. The number of rotatable bonds is 6. The van der Waals surface area contributed by atoms with E-state index in [1.165, 1.54) is 18.2 Å². The lowest BCUT2D eigenvalue weighted by molar-refractivity contribution is -0.138. The highest BCUT2D eigenvalue weighted by molar-refractivity contribution is 6.25. The highest BCUT2D eigenvalue weighted by Gasteiger charge is 2.45. The maximum Gasteiger partial charge on any atom is 0.416 e. The number of fused-ring (bicyclic) bond motifs is 1. The molecule has 1 fully saturated rings. The molecule has 8 nitrogen and oxygen atoms in total. The number of hydrogen-bond acceptors (Lipinski definition) is 5. The number of alkyl halides is 3. The lowest BCUT2D eigenvalue weighted by Crippen LogP contribution is -2.54. The minimum atomic E-state index is -4.56. The Morgan fingerprint density at radius 1 is 0.925 bits per heavy atom. The van der Waals surface area contributed by atoms with Gasteiger partial charge in [-0.1, -0.05) is 42.5 Å². The predicted molar refractivity (Wildman–Crippen MR) is 136 cm³/mol. The zero-order chi connectivity index (χ0) is 28.6. The number of amides is 5. The molecule has 1 unspecified atom stereocenters. The van der Waals surface area contributed by atoms with Crippen LogP contribution in [0.5, 0.6) is 0 Å². The van der Waals surface area contributed by atoms with Crippen LogP contribution in [-0.4, -0.2) is 47.0 Å². The van der Waals surface area contributed by atoms with Crippen LogP contribution in [-0.2, 0) is 22.2 Å². The van der Waals surface area contributed by atoms with Gasteiger partial charge in [-0.3, -0.25) is 34.2 Å². The Morgan fingerprint density at radius 2 is 1.65 bits per heavy atom. The summed E-state index contributed by atoms with van der Waals surface area (Å²) in [6.07, 6.45) is -4.14. The fourth-order valence-electron chi connectivity index (χ4n) is 4.91. The van der Waals surface area contributed by atoms with E-state index in [1.54, 1.807) is 36.4 Å². The summed E-state index contributed by atoms with van der Waals surface area (Å²) in [5.74, 6) is -3.02. The number of nitrogens with zero attached hydrogens (tertiary/aromatic N) is 1. The number of imide groups is 2. The van der Waals surface area contributed by atoms with Crippen LogP contribution in [0.3, 0.4) is 0 Å². The van der Waals surface area contributed by atoms with Crippen molar-refractivity contribution in [1.82, 2.24) is 15.5 Å². The molecule has 2 aliphatic rings. The Balaban J connectivity index is 1.32. The number of piperidine rings is 1. The number of carbonyl (C=O) groups is 5. The van der Waals surface area contributed by atoms with E-state index in [0.29, 0.717) is 17.5 Å². The van der Waals surface area contributed by atoms with Gasteiger partial charge in [0.15, 0.2) is 0 Å². The molecule has 2 N–H and O–H groups in total. The molecule has 1 atom stereocenters. The number of nitrogens with one attached hydrogen (secondary N) is 2. The van der Waals surface area contributed by atoms with Crippen molar-refractivity contribution in [3.63, 3.8) is 0 Å². The summed E-state index contributed by atoms with van der Waals surface area (Å²) in [4.78, 5) is 63.7. The normalized spacial score (nSPS) is 17.1. The van der Waals surface area contributed by atoms with E-state index in [0.717, 1.165) is 22.6 Å². The fourth-order valence-corrected chi connectivity index (χ4v) is 4.91. The van der Waals surface area contributed by atoms with E-state index in [2.05, 4.69) is 10.6 Å². The highest BCUT2D eigenvalue weighted by atomic mass is 19.4. The molecule has 0 aliphatic carbocycles. The standard InChI is InChI=1S/C29H22F3N3O5/c30-29(31,32)19-7-2-6-18(15-19)25(37)33-13-12-16-4-1-5-17(14-16)20-8-3-9-21-24(20)28(40)35(27(21)39)22-10-11-23(36)34-26(22)38/h1-9,14-15,22H,10-13H2,(H,33,37)(H,34,36,38). The molecule has 0 radical (unpaired) electrons. The molecule has 1 saturated heterocycles. The SMILES string of the molecule is O=C1CCC(N2C(=O)c3cccc(-c4cccc(CCNC(=O)c5cccc(C(F)(F)F)c5)c4)c3C2=O)C(=O)N1. The average Bonchev–Trinajstić information content (AvgIpc) is 3.18. The maximum atomic E-state index is 13.4. The lowest BCUT2D eigenvalue weighted by atomic mass is 9.95. The lowest BCUT2D eigenvalue weighted by Gasteiger charge is -2.27. The van der Waals surface area contributed by atoms with Crippen LogP contribution in [0.4, 0.5) is 13.2 Å². The minimum Gasteiger partial charge on any atom is -0.352 e. The average molecular weight is 550 g/mol. The monoisotopic (exact) mass is 549 g/mol. The van der Waals surface area contributed by atoms with Gasteiger partial charge in [-0.2, -0.15) is 13.2 Å². The third kappa shape index (κ3) is 5.09. The van der Waals surface area contributed by atoms with Crippen LogP contribution in [0.2, 0.25) is 0 Å². The van der Waals surface area contributed by atoms with E-state index >= 15 is 0 Å². The van der Waals surface area contributed by atoms with E-state index in [9.17, 15) is 37.1 Å². The molecule has 3 aromatic rings. The molecular weight excluding hydrogens is 527 g/mol. The predicted octanol–water partition coefficient (Wildman–Crippen LogP) is 3.75. The van der Waals surface area contributed by atoms with Gasteiger partial charge in [0.1, 0.15) is 6.04 Å². The van der Waals surface area contributed by atoms with Crippen molar-refractivity contribution in [2.45, 2.75) is 31.5 Å². The third-order valence-corrected chi connectivity index (χ3v) is 6.86. The quantitative estimate of drug-likeness (QED) is 0.455. The summed E-state index contributed by atoms with van der Waals surface area (Å²) in [5, 5.41) is 4.79. The van der Waals surface area contributed by atoms with Gasteiger partial charge in [0.25, 0.3) is 17.7 Å². The van der Waals surface area contributed by atoms with Crippen molar-refractivity contribution in [1.29, 1.82) is 0 Å². The van der Waals surface area contributed by atoms with Crippen molar-refractivity contribution in [2.24, 2.45) is 0 Å². The van der Waals surface area contributed by atoms with Gasteiger partial charge in [-0.25, -0.2) is 0 Å². The minimum absolute atomic E-state index is 0.0169. The molecule has 11 heteroatoms. The van der Waals surface area contributed by atoms with Crippen molar-refractivity contribution in [3.05, 3.63) is 94.5 Å². The first kappa shape index (κ1) is 26.8. The summed E-state index contributed by atoms with van der Waals surface area (Å²) >= 11 is 0. The summed E-state index contributed by atoms with van der Waals surface area (Å²) in [5.41, 5.74) is 1.20. The molecule has 5 rings (SSSR count). The third-order valence-electron chi connectivity index (χ3n) is 6.86. The van der Waals surface area contributed by atoms with E-state index in [-0.39, 0.29) is 36.1 Å². The second-order valence-corrected chi connectivity index (χ2v) is 9.46. The Bertz CT molecular complexity index is 1570. The Kier molecular flexibility index (Phi) is 6.97. The highest BCUT2D eigenvalue weighted by Crippen LogP contribution is 2.35. The van der Waals surface area contributed by atoms with Crippen LogP contribution < -0.4 is 10.6 Å². The Hall–Kier alpha value is -4.80. The summed E-state index contributed by atoms with van der Waals surface area (Å²) in [7, 11) is 0. The van der Waals surface area contributed by atoms with Gasteiger partial charge in [0, 0.05) is 18.5 Å². The molecule has 2 heterocycles. The maximum absolute atomic E-state index is 13.4. The molecule has 5 amide bonds. The largest absolute Gasteiger partial charge is 0.416 e. The van der Waals surface area contributed by atoms with Gasteiger partial charge < -0.3 is 5.32 Å². The first-order chi connectivity index (χ1) is 19.0. The van der Waals surface area contributed by atoms with Crippen molar-refractivity contribution >= 4 is 29.5 Å². The zero-order valence-electron chi connectivity index (χ0n) is 20.9. The van der Waals surface area contributed by atoms with Crippen LogP contribution in [0.25, 0.3) is 11.1 Å². The van der Waals surface area contributed by atoms with Crippen LogP contribution in [0.15, 0.2) is 66.7 Å². The summed E-state index contributed by atoms with van der Waals surface area (Å²) < 4.78 is 38.9. The van der Waals surface area contributed by atoms with Gasteiger partial charge in [-0.15, -0.1) is 0 Å². The molecule has 2 aliphatic heterocycles. The molecule has 204 valence electrons. The molecule has 40 heavy (non-hydrogen) atoms. The second-order valence-electron chi connectivity index (χ2n) is 9.46. The van der Waals surface area contributed by atoms with Gasteiger partial charge >= 0.3 is 6.18 Å². The van der Waals surface area contributed by atoms with Crippen molar-refractivity contribution < 1.29 is 37.1 Å². The molecule has 0 bridgehead atoms. The zero-order valence-corrected chi connectivity index (χ0v) is 20.9. The smallest absolute Gasteiger partial charge is 0.352 e. The first-order valence-corrected chi connectivity index (χ1v) is 12.4. The van der Waals surface area contributed by atoms with Gasteiger partial charge in [0.2, 0.25) is 11.8 Å². The van der Waals surface area contributed by atoms with Crippen LogP contribution in [0, 0.1) is 0 Å². The van der Waals surface area contributed by atoms with E-state index in [1.807, 2.05) is 0 Å². The van der Waals surface area contributed by atoms with E-state index < -0.39 is 47.3 Å². The summed E-state index contributed by atoms with van der Waals surface area (Å²) in [6.45, 7) is 0.145. The van der Waals surface area contributed by atoms with Crippen molar-refractivity contribution in [3.8, 4) is 11.1 Å². The number of hydrogen-bond donors (Lipinski definition) is 2. The molecule has 0 aromatic heterocycles. The number of carbonyl (C=O) groups excluding carboxylic acids is 5. The van der Waals surface area contributed by atoms with Gasteiger partial charge in [0.05, 0.1) is 16.7 Å². The molecule has 0 spiro atoms. The Labute approximate surface area is 226 Å².